The molecule has 0 aromatic heterocycles. The highest BCUT2D eigenvalue weighted by atomic mass is 16.5. The van der Waals surface area contributed by atoms with E-state index in [1.54, 1.807) is 7.11 Å². The van der Waals surface area contributed by atoms with Crippen LogP contribution in [-0.2, 0) is 0 Å². The predicted molar refractivity (Wildman–Crippen MR) is 80.3 cm³/mol. The number of aliphatic hydroxyl groups is 1. The SMILES string of the molecule is COc1ccccc1NC(=O)N[C@H]1[C@H]2CC[C@@H](C2)[C@@H]1CO. The van der Waals surface area contributed by atoms with Crippen molar-refractivity contribution in [3.8, 4) is 5.75 Å². The van der Waals surface area contributed by atoms with Crippen molar-refractivity contribution < 1.29 is 14.6 Å². The van der Waals surface area contributed by atoms with Crippen LogP contribution in [0.25, 0.3) is 0 Å². The van der Waals surface area contributed by atoms with Crippen molar-refractivity contribution in [1.29, 1.82) is 0 Å². The van der Waals surface area contributed by atoms with Gasteiger partial charge >= 0.3 is 6.03 Å². The summed E-state index contributed by atoms with van der Waals surface area (Å²) >= 11 is 0. The third-order valence-electron chi connectivity index (χ3n) is 4.95. The maximum Gasteiger partial charge on any atom is 0.319 e. The van der Waals surface area contributed by atoms with E-state index in [0.717, 1.165) is 12.8 Å². The van der Waals surface area contributed by atoms with E-state index < -0.39 is 0 Å². The molecular formula is C16H22N2O3. The zero-order valence-electron chi connectivity index (χ0n) is 12.2. The van der Waals surface area contributed by atoms with Gasteiger partial charge < -0.3 is 20.5 Å². The Hall–Kier alpha value is -1.75. The maximum absolute atomic E-state index is 12.2. The zero-order chi connectivity index (χ0) is 14.8. The molecule has 0 radical (unpaired) electrons. The summed E-state index contributed by atoms with van der Waals surface area (Å²) in [6.45, 7) is 0.154. The summed E-state index contributed by atoms with van der Waals surface area (Å²) in [4.78, 5) is 12.2. The van der Waals surface area contributed by atoms with E-state index in [-0.39, 0.29) is 24.6 Å². The number of para-hydroxylation sites is 2. The number of benzene rings is 1. The zero-order valence-corrected chi connectivity index (χ0v) is 12.2. The van der Waals surface area contributed by atoms with Gasteiger partial charge in [-0.2, -0.15) is 0 Å². The topological polar surface area (TPSA) is 70.6 Å². The number of methoxy groups -OCH3 is 1. The van der Waals surface area contributed by atoms with Gasteiger partial charge in [-0.1, -0.05) is 12.1 Å². The van der Waals surface area contributed by atoms with Gasteiger partial charge in [0.1, 0.15) is 5.75 Å². The number of hydrogen-bond donors (Lipinski definition) is 3. The Labute approximate surface area is 124 Å². The van der Waals surface area contributed by atoms with Crippen LogP contribution >= 0.6 is 0 Å². The molecule has 1 aromatic rings. The first kappa shape index (κ1) is 14.2. The molecule has 2 amide bonds. The van der Waals surface area contributed by atoms with Gasteiger partial charge in [0, 0.05) is 18.6 Å². The average Bonchev–Trinajstić information content (AvgIpc) is 3.08. The van der Waals surface area contributed by atoms with Gasteiger partial charge in [-0.3, -0.25) is 0 Å². The Balaban J connectivity index is 1.64. The quantitative estimate of drug-likeness (QED) is 0.796. The smallest absolute Gasteiger partial charge is 0.319 e. The van der Waals surface area contributed by atoms with Crippen LogP contribution in [0.1, 0.15) is 19.3 Å². The second-order valence-electron chi connectivity index (χ2n) is 6.00. The lowest BCUT2D eigenvalue weighted by Gasteiger charge is -2.30. The molecule has 3 rings (SSSR count). The van der Waals surface area contributed by atoms with Crippen molar-refractivity contribution in [3.05, 3.63) is 24.3 Å². The number of ether oxygens (including phenoxy) is 1. The van der Waals surface area contributed by atoms with E-state index in [2.05, 4.69) is 10.6 Å². The number of hydrogen-bond acceptors (Lipinski definition) is 3. The van der Waals surface area contributed by atoms with Gasteiger partial charge in [-0.15, -0.1) is 0 Å². The highest BCUT2D eigenvalue weighted by molar-refractivity contribution is 5.91. The number of anilines is 1. The lowest BCUT2D eigenvalue weighted by atomic mass is 9.85. The molecule has 1 aromatic carbocycles. The minimum absolute atomic E-state index is 0.0865. The van der Waals surface area contributed by atoms with Crippen LogP contribution in [0.4, 0.5) is 10.5 Å². The maximum atomic E-state index is 12.2. The number of rotatable bonds is 4. The first-order chi connectivity index (χ1) is 10.2. The van der Waals surface area contributed by atoms with E-state index in [9.17, 15) is 9.90 Å². The number of carbonyl (C=O) groups is 1. The number of nitrogens with one attached hydrogen (secondary N) is 2. The second-order valence-corrected chi connectivity index (χ2v) is 6.00. The molecule has 2 saturated carbocycles. The summed E-state index contributed by atoms with van der Waals surface area (Å²) in [5.74, 6) is 1.92. The minimum Gasteiger partial charge on any atom is -0.495 e. The summed E-state index contributed by atoms with van der Waals surface area (Å²) in [7, 11) is 1.58. The molecular weight excluding hydrogens is 268 g/mol. The third-order valence-corrected chi connectivity index (χ3v) is 4.95. The molecule has 0 spiro atoms. The van der Waals surface area contributed by atoms with E-state index in [1.165, 1.54) is 6.42 Å². The Morgan fingerprint density at radius 1 is 1.33 bits per heavy atom. The predicted octanol–water partition coefficient (Wildman–Crippen LogP) is 2.22. The fraction of sp³-hybridized carbons (Fsp3) is 0.562. The molecule has 0 unspecified atom stereocenters. The second kappa shape index (κ2) is 5.93. The average molecular weight is 290 g/mol. The molecule has 2 bridgehead atoms. The highest BCUT2D eigenvalue weighted by Gasteiger charge is 2.47. The number of aliphatic hydroxyl groups excluding tert-OH is 1. The van der Waals surface area contributed by atoms with Crippen LogP contribution in [0.5, 0.6) is 5.75 Å². The van der Waals surface area contributed by atoms with E-state index in [1.807, 2.05) is 24.3 Å². The molecule has 114 valence electrons. The number of amides is 2. The van der Waals surface area contributed by atoms with Crippen LogP contribution in [0.15, 0.2) is 24.3 Å². The molecule has 5 nitrogen and oxygen atoms in total. The Morgan fingerprint density at radius 2 is 2.10 bits per heavy atom. The van der Waals surface area contributed by atoms with Gasteiger partial charge in [0.25, 0.3) is 0 Å². The van der Waals surface area contributed by atoms with E-state index in [0.29, 0.717) is 23.3 Å². The van der Waals surface area contributed by atoms with Crippen molar-refractivity contribution in [2.45, 2.75) is 25.3 Å². The molecule has 3 N–H and O–H groups in total. The summed E-state index contributed by atoms with van der Waals surface area (Å²) < 4.78 is 5.23. The van der Waals surface area contributed by atoms with Crippen molar-refractivity contribution in [2.75, 3.05) is 19.0 Å². The molecule has 5 heteroatoms. The molecule has 4 atom stereocenters. The van der Waals surface area contributed by atoms with Crippen LogP contribution < -0.4 is 15.4 Å². The number of carbonyl (C=O) groups excluding carboxylic acids is 1. The van der Waals surface area contributed by atoms with Crippen molar-refractivity contribution in [3.63, 3.8) is 0 Å². The van der Waals surface area contributed by atoms with E-state index in [4.69, 9.17) is 4.74 Å². The molecule has 21 heavy (non-hydrogen) atoms. The standard InChI is InChI=1S/C16H22N2O3/c1-21-14-5-3-2-4-13(14)17-16(20)18-15-11-7-6-10(8-11)12(15)9-19/h2-5,10-12,15,19H,6-9H2,1H3,(H2,17,18,20)/t10-,11-,12-,15-/m0/s1. The minimum atomic E-state index is -0.226. The summed E-state index contributed by atoms with van der Waals surface area (Å²) in [5.41, 5.74) is 0.654. The van der Waals surface area contributed by atoms with Crippen molar-refractivity contribution in [2.24, 2.45) is 17.8 Å². The fourth-order valence-corrected chi connectivity index (χ4v) is 3.96. The van der Waals surface area contributed by atoms with Crippen LogP contribution in [0.3, 0.4) is 0 Å². The molecule has 0 heterocycles. The van der Waals surface area contributed by atoms with Gasteiger partial charge in [0.05, 0.1) is 12.8 Å². The van der Waals surface area contributed by atoms with Crippen LogP contribution in [-0.4, -0.2) is 30.9 Å². The number of urea groups is 1. The van der Waals surface area contributed by atoms with E-state index >= 15 is 0 Å². The Bertz CT molecular complexity index is 520. The monoisotopic (exact) mass is 290 g/mol. The lowest BCUT2D eigenvalue weighted by Crippen LogP contribution is -2.46. The first-order valence-electron chi connectivity index (χ1n) is 7.54. The number of fused-ring (bicyclic) bond motifs is 2. The molecule has 0 saturated heterocycles. The Morgan fingerprint density at radius 3 is 2.86 bits per heavy atom. The molecule has 0 aliphatic heterocycles. The summed E-state index contributed by atoms with van der Waals surface area (Å²) in [5, 5.41) is 15.4. The lowest BCUT2D eigenvalue weighted by molar-refractivity contribution is 0.146. The molecule has 2 aliphatic carbocycles. The molecule has 2 fully saturated rings. The van der Waals surface area contributed by atoms with Crippen LogP contribution in [0.2, 0.25) is 0 Å². The largest absolute Gasteiger partial charge is 0.495 e. The van der Waals surface area contributed by atoms with Gasteiger partial charge in [0.2, 0.25) is 0 Å². The van der Waals surface area contributed by atoms with Crippen LogP contribution in [0, 0.1) is 17.8 Å². The highest BCUT2D eigenvalue weighted by Crippen LogP contribution is 2.48. The summed E-state index contributed by atoms with van der Waals surface area (Å²) in [6.07, 6.45) is 3.47. The Kier molecular flexibility index (Phi) is 4.01. The normalized spacial score (nSPS) is 30.2. The van der Waals surface area contributed by atoms with Crippen molar-refractivity contribution >= 4 is 11.7 Å². The fourth-order valence-electron chi connectivity index (χ4n) is 3.96. The van der Waals surface area contributed by atoms with Gasteiger partial charge in [-0.25, -0.2) is 4.79 Å². The van der Waals surface area contributed by atoms with Crippen molar-refractivity contribution in [1.82, 2.24) is 5.32 Å². The third kappa shape index (κ3) is 2.70. The van der Waals surface area contributed by atoms with Gasteiger partial charge in [0.15, 0.2) is 0 Å². The first-order valence-corrected chi connectivity index (χ1v) is 7.54. The molecule has 2 aliphatic rings. The summed E-state index contributed by atoms with van der Waals surface area (Å²) in [6, 6.07) is 7.19. The van der Waals surface area contributed by atoms with Gasteiger partial charge in [-0.05, 0) is 43.2 Å².